The lowest BCUT2D eigenvalue weighted by atomic mass is 10.2. The molecular weight excluding hydrogens is 542 g/mol. The van der Waals surface area contributed by atoms with Crippen LogP contribution < -0.4 is 25.9 Å². The van der Waals surface area contributed by atoms with E-state index in [0.717, 1.165) is 41.1 Å². The number of carbonyl (C=O) groups excluding carboxylic acids is 1. The topological polar surface area (TPSA) is 131 Å². The second-order valence-corrected chi connectivity index (χ2v) is 10.3. The molecule has 1 amide bonds. The van der Waals surface area contributed by atoms with Crippen molar-refractivity contribution in [3.05, 3.63) is 41.8 Å². The number of benzene rings is 2. The fourth-order valence-corrected chi connectivity index (χ4v) is 3.85. The molecule has 0 aromatic heterocycles. The lowest BCUT2D eigenvalue weighted by molar-refractivity contribution is -0.118. The summed E-state index contributed by atoms with van der Waals surface area (Å²) in [6.45, 7) is 16.1. The number of nitrogens with zero attached hydrogens (tertiary/aromatic N) is 3. The van der Waals surface area contributed by atoms with Gasteiger partial charge in [-0.15, -0.1) is 0 Å². The molecule has 1 heterocycles. The molecule has 0 saturated heterocycles. The summed E-state index contributed by atoms with van der Waals surface area (Å²) >= 11 is 0. The van der Waals surface area contributed by atoms with E-state index in [1.54, 1.807) is 7.05 Å². The smallest absolute Gasteiger partial charge is 0.267 e. The molecule has 0 radical (unpaired) electrons. The Kier molecular flexibility index (Phi) is 22.2. The van der Waals surface area contributed by atoms with E-state index in [0.29, 0.717) is 18.5 Å². The van der Waals surface area contributed by atoms with Crippen molar-refractivity contribution in [2.75, 3.05) is 58.5 Å². The summed E-state index contributed by atoms with van der Waals surface area (Å²) in [4.78, 5) is 16.5. The van der Waals surface area contributed by atoms with Gasteiger partial charge in [-0.3, -0.25) is 8.98 Å². The molecule has 0 fully saturated rings. The molecule has 0 bridgehead atoms. The van der Waals surface area contributed by atoms with Crippen LogP contribution in [0.4, 0.5) is 5.69 Å². The van der Waals surface area contributed by atoms with Gasteiger partial charge in [-0.05, 0) is 45.5 Å². The van der Waals surface area contributed by atoms with Gasteiger partial charge in [0.25, 0.3) is 10.1 Å². The first-order valence-corrected chi connectivity index (χ1v) is 15.8. The summed E-state index contributed by atoms with van der Waals surface area (Å²) in [6.07, 6.45) is 1.74. The maximum atomic E-state index is 11.5. The number of nitrogens with two attached hydrogens (primary N) is 1. The highest BCUT2D eigenvalue weighted by molar-refractivity contribution is 7.86. The zero-order chi connectivity index (χ0) is 32.0. The van der Waals surface area contributed by atoms with Gasteiger partial charge in [-0.25, -0.2) is 9.56 Å². The van der Waals surface area contributed by atoms with Crippen LogP contribution in [0.5, 0.6) is 0 Å². The second-order valence-electron chi connectivity index (χ2n) is 8.41. The van der Waals surface area contributed by atoms with Crippen LogP contribution in [-0.2, 0) is 19.1 Å². The summed E-state index contributed by atoms with van der Waals surface area (Å²) in [7, 11) is 2.89. The Morgan fingerprint density at radius 1 is 1.10 bits per heavy atom. The van der Waals surface area contributed by atoms with Crippen LogP contribution in [0.2, 0.25) is 0 Å². The average Bonchev–Trinajstić information content (AvgIpc) is 3.00. The molecule has 0 spiro atoms. The Morgan fingerprint density at radius 2 is 1.68 bits per heavy atom. The Balaban J connectivity index is 0. The second kappa shape index (κ2) is 22.6. The number of anilines is 1. The third-order valence-electron chi connectivity index (χ3n) is 5.44. The molecule has 234 valence electrons. The predicted molar refractivity (Wildman–Crippen MR) is 173 cm³/mol. The van der Waals surface area contributed by atoms with Gasteiger partial charge in [-0.1, -0.05) is 34.1 Å². The average molecular weight is 597 g/mol. The highest BCUT2D eigenvalue weighted by Gasteiger charge is 2.14. The molecule has 3 rings (SSSR count). The largest absolute Gasteiger partial charge is 0.452 e. The van der Waals surface area contributed by atoms with Crippen LogP contribution in [0.3, 0.4) is 0 Å². The van der Waals surface area contributed by atoms with Crippen molar-refractivity contribution < 1.29 is 21.8 Å². The van der Waals surface area contributed by atoms with Crippen LogP contribution in [0, 0.1) is 0 Å². The van der Waals surface area contributed by atoms with Crippen LogP contribution in [0.15, 0.2) is 40.8 Å². The van der Waals surface area contributed by atoms with Gasteiger partial charge in [-0.2, -0.15) is 8.42 Å². The lowest BCUT2D eigenvalue weighted by Gasteiger charge is -2.23. The van der Waals surface area contributed by atoms with Crippen molar-refractivity contribution in [1.29, 1.82) is 0 Å². The molecule has 11 heteroatoms. The van der Waals surface area contributed by atoms with Crippen molar-refractivity contribution in [3.8, 4) is 11.5 Å². The number of carbonyl (C=O) groups is 1. The van der Waals surface area contributed by atoms with Crippen LogP contribution in [0.1, 0.15) is 61.3 Å². The van der Waals surface area contributed by atoms with Crippen molar-refractivity contribution in [1.82, 2.24) is 14.9 Å². The lowest BCUT2D eigenvalue weighted by Crippen LogP contribution is -2.26. The molecule has 1 aromatic carbocycles. The molecule has 1 aromatic rings. The maximum Gasteiger partial charge on any atom is 0.267 e. The molecule has 0 saturated carbocycles. The Hall–Kier alpha value is -3.02. The van der Waals surface area contributed by atoms with Crippen LogP contribution in [-0.4, -0.2) is 72.9 Å². The summed E-state index contributed by atoms with van der Waals surface area (Å²) in [5.74, 6) is 0.740. The van der Waals surface area contributed by atoms with Crippen LogP contribution >= 0.6 is 0 Å². The van der Waals surface area contributed by atoms with E-state index in [-0.39, 0.29) is 11.7 Å². The van der Waals surface area contributed by atoms with Gasteiger partial charge in [0.1, 0.15) is 24.8 Å². The number of amides is 1. The van der Waals surface area contributed by atoms with Gasteiger partial charge < -0.3 is 20.4 Å². The van der Waals surface area contributed by atoms with Gasteiger partial charge in [0.2, 0.25) is 11.3 Å². The summed E-state index contributed by atoms with van der Waals surface area (Å²) in [5, 5.41) is 3.47. The standard InChI is InChI=1S/C21H28N3O4S.C3H7NO.C3H8.C2H6.CH5N/c1-5-23(3)16-8-10-18-20(14-16)28-21-15-17(9-11-19(21)22-18)24(6-2)12-7-13-29(25,26)27-4;1-3(5)4-2;1-3-2;2*1-2/h8-11,14-15H,5-7,12-13H2,1-4H3;1-2H3,(H,4,5);3H2,1-2H3;1-2H3;2H2,1H3/q+1;;;;. The number of rotatable bonds is 8. The molecule has 0 atom stereocenters. The third-order valence-corrected chi connectivity index (χ3v) is 6.73. The van der Waals surface area contributed by atoms with Gasteiger partial charge in [0.15, 0.2) is 11.3 Å². The predicted octanol–water partition coefficient (Wildman–Crippen LogP) is 4.32. The Labute approximate surface area is 248 Å². The molecule has 41 heavy (non-hydrogen) atoms. The molecule has 0 unspecified atom stereocenters. The normalized spacial score (nSPS) is 10.8. The Morgan fingerprint density at radius 3 is 2.17 bits per heavy atom. The first kappa shape index (κ1) is 40.1. The maximum absolute atomic E-state index is 11.5. The van der Waals surface area contributed by atoms with Crippen LogP contribution in [0.25, 0.3) is 22.6 Å². The molecule has 3 N–H and O–H groups in total. The summed E-state index contributed by atoms with van der Waals surface area (Å²) in [6, 6.07) is 11.9. The van der Waals surface area contributed by atoms with Crippen molar-refractivity contribution >= 4 is 32.8 Å². The van der Waals surface area contributed by atoms with E-state index < -0.39 is 10.1 Å². The van der Waals surface area contributed by atoms with Crippen molar-refractivity contribution in [3.63, 3.8) is 0 Å². The molecule has 1 aliphatic heterocycles. The minimum atomic E-state index is -3.44. The highest BCUT2D eigenvalue weighted by atomic mass is 32.2. The Bertz CT molecular complexity index is 1280. The molecule has 10 nitrogen and oxygen atoms in total. The summed E-state index contributed by atoms with van der Waals surface area (Å²) < 4.78 is 35.9. The van der Waals surface area contributed by atoms with E-state index in [9.17, 15) is 13.2 Å². The number of aromatic nitrogens is 1. The number of nitrogens with one attached hydrogen (secondary N) is 1. The van der Waals surface area contributed by atoms with E-state index in [4.69, 9.17) is 9.40 Å². The SMILES string of the molecule is CC.CCC.CCN(CCCS(=O)(=O)OC)c1ccc2nc3ccc(=[N+](C)CC)cc-3oc2c1.CN.CNC(C)=O. The quantitative estimate of drug-likeness (QED) is 0.223. The van der Waals surface area contributed by atoms with Gasteiger partial charge >= 0.3 is 0 Å². The monoisotopic (exact) mass is 596 g/mol. The third kappa shape index (κ3) is 15.0. The number of hydrogen-bond donors (Lipinski definition) is 2. The number of hydrogen-bond acceptors (Lipinski definition) is 8. The zero-order valence-corrected chi connectivity index (χ0v) is 27.9. The van der Waals surface area contributed by atoms with Crippen molar-refractivity contribution in [2.24, 2.45) is 5.73 Å². The highest BCUT2D eigenvalue weighted by Crippen LogP contribution is 2.27. The minimum absolute atomic E-state index is 0.00211. The van der Waals surface area contributed by atoms with Gasteiger partial charge in [0.05, 0.1) is 18.9 Å². The van der Waals surface area contributed by atoms with E-state index in [1.165, 1.54) is 27.5 Å². The van der Waals surface area contributed by atoms with E-state index >= 15 is 0 Å². The summed E-state index contributed by atoms with van der Waals surface area (Å²) in [5.41, 5.74) is 7.78. The molecule has 2 aliphatic rings. The fourth-order valence-electron chi connectivity index (χ4n) is 3.20. The zero-order valence-electron chi connectivity index (χ0n) is 27.1. The molecular formula is C30H54N5O5S+. The minimum Gasteiger partial charge on any atom is -0.452 e. The molecule has 1 aliphatic carbocycles. The number of fused-ring (bicyclic) bond motifs is 2. The van der Waals surface area contributed by atoms with Crippen molar-refractivity contribution in [2.45, 2.75) is 61.3 Å². The van der Waals surface area contributed by atoms with Gasteiger partial charge in [0, 0.05) is 44.9 Å². The van der Waals surface area contributed by atoms with E-state index in [2.05, 4.69) is 45.5 Å². The first-order chi connectivity index (χ1) is 19.5. The van der Waals surface area contributed by atoms with E-state index in [1.807, 2.05) is 64.2 Å². The fraction of sp³-hybridized carbons (Fsp3) is 0.567. The first-order valence-electron chi connectivity index (χ1n) is 14.2.